The van der Waals surface area contributed by atoms with Gasteiger partial charge in [0.15, 0.2) is 0 Å². The minimum atomic E-state index is 0.585. The predicted molar refractivity (Wildman–Crippen MR) is 59.7 cm³/mol. The standard InChI is InChI=1S/C12H15N3/c13-7-9-4-5-15-8-11(10-2-1-3-10)14-12(15)6-9/h4-6,8,10H,1-3,7,13H2. The summed E-state index contributed by atoms with van der Waals surface area (Å²) >= 11 is 0. The van der Waals surface area contributed by atoms with Gasteiger partial charge in [-0.05, 0) is 30.5 Å². The first-order valence-electron chi connectivity index (χ1n) is 5.54. The van der Waals surface area contributed by atoms with Crippen molar-refractivity contribution in [2.24, 2.45) is 5.73 Å². The molecule has 3 heteroatoms. The summed E-state index contributed by atoms with van der Waals surface area (Å²) in [5, 5.41) is 0. The summed E-state index contributed by atoms with van der Waals surface area (Å²) in [6.07, 6.45) is 8.15. The lowest BCUT2D eigenvalue weighted by molar-refractivity contribution is 0.412. The molecule has 1 aliphatic carbocycles. The fourth-order valence-electron chi connectivity index (χ4n) is 2.07. The summed E-state index contributed by atoms with van der Waals surface area (Å²) in [6.45, 7) is 0.585. The van der Waals surface area contributed by atoms with Crippen molar-refractivity contribution in [3.63, 3.8) is 0 Å². The van der Waals surface area contributed by atoms with Crippen LogP contribution in [-0.4, -0.2) is 9.38 Å². The van der Waals surface area contributed by atoms with E-state index in [0.717, 1.165) is 11.2 Å². The largest absolute Gasteiger partial charge is 0.326 e. The van der Waals surface area contributed by atoms with E-state index in [0.29, 0.717) is 12.5 Å². The van der Waals surface area contributed by atoms with Crippen LogP contribution in [0.4, 0.5) is 0 Å². The molecular formula is C12H15N3. The third-order valence-corrected chi connectivity index (χ3v) is 3.30. The van der Waals surface area contributed by atoms with Crippen LogP contribution in [0.2, 0.25) is 0 Å². The van der Waals surface area contributed by atoms with Crippen LogP contribution < -0.4 is 5.73 Å². The molecule has 0 aliphatic heterocycles. The van der Waals surface area contributed by atoms with Crippen molar-refractivity contribution in [2.45, 2.75) is 31.7 Å². The highest BCUT2D eigenvalue weighted by Crippen LogP contribution is 2.35. The summed E-state index contributed by atoms with van der Waals surface area (Å²) in [7, 11) is 0. The normalized spacial score (nSPS) is 16.9. The number of rotatable bonds is 2. The van der Waals surface area contributed by atoms with E-state index in [1.54, 1.807) is 0 Å². The van der Waals surface area contributed by atoms with Crippen molar-refractivity contribution in [1.82, 2.24) is 9.38 Å². The van der Waals surface area contributed by atoms with Gasteiger partial charge in [-0.25, -0.2) is 4.98 Å². The Morgan fingerprint density at radius 3 is 3.00 bits per heavy atom. The van der Waals surface area contributed by atoms with Crippen molar-refractivity contribution < 1.29 is 0 Å². The molecule has 3 rings (SSSR count). The zero-order valence-electron chi connectivity index (χ0n) is 8.69. The summed E-state index contributed by atoms with van der Waals surface area (Å²) in [5.41, 5.74) is 9.03. The average molecular weight is 201 g/mol. The lowest BCUT2D eigenvalue weighted by atomic mass is 9.83. The van der Waals surface area contributed by atoms with Crippen LogP contribution in [0.15, 0.2) is 24.5 Å². The molecule has 3 nitrogen and oxygen atoms in total. The molecule has 0 saturated heterocycles. The third kappa shape index (κ3) is 1.43. The maximum Gasteiger partial charge on any atom is 0.137 e. The number of imidazole rings is 1. The van der Waals surface area contributed by atoms with Gasteiger partial charge >= 0.3 is 0 Å². The van der Waals surface area contributed by atoms with Gasteiger partial charge in [0.2, 0.25) is 0 Å². The highest BCUT2D eigenvalue weighted by molar-refractivity contribution is 5.43. The maximum atomic E-state index is 5.61. The Kier molecular flexibility index (Phi) is 1.99. The van der Waals surface area contributed by atoms with E-state index in [4.69, 9.17) is 5.73 Å². The zero-order valence-corrected chi connectivity index (χ0v) is 8.69. The van der Waals surface area contributed by atoms with Gasteiger partial charge in [-0.3, -0.25) is 0 Å². The molecule has 2 N–H and O–H groups in total. The molecule has 0 amide bonds. The van der Waals surface area contributed by atoms with E-state index in [2.05, 4.69) is 27.7 Å². The Labute approximate surface area is 88.9 Å². The summed E-state index contributed by atoms with van der Waals surface area (Å²) in [5.74, 6) is 0.700. The number of nitrogens with two attached hydrogens (primary N) is 1. The number of hydrogen-bond acceptors (Lipinski definition) is 2. The molecule has 2 aromatic heterocycles. The maximum absolute atomic E-state index is 5.61. The van der Waals surface area contributed by atoms with Crippen LogP contribution >= 0.6 is 0 Å². The SMILES string of the molecule is NCc1ccn2cc(C3CCC3)nc2c1. The molecular weight excluding hydrogens is 186 g/mol. The molecule has 0 aromatic carbocycles. The van der Waals surface area contributed by atoms with Crippen LogP contribution in [0, 0.1) is 0 Å². The molecule has 1 aliphatic rings. The van der Waals surface area contributed by atoms with Crippen molar-refractivity contribution in [3.8, 4) is 0 Å². The quantitative estimate of drug-likeness (QED) is 0.808. The van der Waals surface area contributed by atoms with Gasteiger partial charge in [-0.1, -0.05) is 6.42 Å². The minimum Gasteiger partial charge on any atom is -0.326 e. The zero-order chi connectivity index (χ0) is 10.3. The average Bonchev–Trinajstić information content (AvgIpc) is 2.56. The fourth-order valence-corrected chi connectivity index (χ4v) is 2.07. The van der Waals surface area contributed by atoms with Crippen LogP contribution in [-0.2, 0) is 6.54 Å². The van der Waals surface area contributed by atoms with Gasteiger partial charge in [0, 0.05) is 24.9 Å². The number of hydrogen-bond donors (Lipinski definition) is 1. The summed E-state index contributed by atoms with van der Waals surface area (Å²) in [4.78, 5) is 4.65. The number of aromatic nitrogens is 2. The Balaban J connectivity index is 2.04. The molecule has 0 atom stereocenters. The number of fused-ring (bicyclic) bond motifs is 1. The second-order valence-corrected chi connectivity index (χ2v) is 4.30. The minimum absolute atomic E-state index is 0.585. The highest BCUT2D eigenvalue weighted by atomic mass is 15.0. The molecule has 78 valence electrons. The second kappa shape index (κ2) is 3.35. The van der Waals surface area contributed by atoms with Crippen molar-refractivity contribution in [3.05, 3.63) is 35.8 Å². The van der Waals surface area contributed by atoms with E-state index < -0.39 is 0 Å². The molecule has 0 radical (unpaired) electrons. The van der Waals surface area contributed by atoms with Crippen molar-refractivity contribution in [1.29, 1.82) is 0 Å². The van der Waals surface area contributed by atoms with Gasteiger partial charge in [-0.15, -0.1) is 0 Å². The van der Waals surface area contributed by atoms with Crippen molar-refractivity contribution >= 4 is 5.65 Å². The smallest absolute Gasteiger partial charge is 0.137 e. The van der Waals surface area contributed by atoms with Gasteiger partial charge in [0.05, 0.1) is 5.69 Å². The number of pyridine rings is 1. The van der Waals surface area contributed by atoms with Gasteiger partial charge in [0.25, 0.3) is 0 Å². The molecule has 1 fully saturated rings. The molecule has 2 heterocycles. The van der Waals surface area contributed by atoms with Crippen LogP contribution in [0.5, 0.6) is 0 Å². The number of nitrogens with zero attached hydrogens (tertiary/aromatic N) is 2. The Morgan fingerprint density at radius 2 is 2.33 bits per heavy atom. The summed E-state index contributed by atoms with van der Waals surface area (Å²) in [6, 6.07) is 4.13. The first-order valence-corrected chi connectivity index (χ1v) is 5.54. The van der Waals surface area contributed by atoms with E-state index in [1.165, 1.54) is 25.0 Å². The van der Waals surface area contributed by atoms with Crippen molar-refractivity contribution in [2.75, 3.05) is 0 Å². The third-order valence-electron chi connectivity index (χ3n) is 3.30. The molecule has 15 heavy (non-hydrogen) atoms. The second-order valence-electron chi connectivity index (χ2n) is 4.30. The first kappa shape index (κ1) is 8.92. The first-order chi connectivity index (χ1) is 7.36. The predicted octanol–water partition coefficient (Wildman–Crippen LogP) is 2.06. The summed E-state index contributed by atoms with van der Waals surface area (Å²) < 4.78 is 2.09. The molecule has 2 aromatic rings. The molecule has 1 saturated carbocycles. The van der Waals surface area contributed by atoms with E-state index >= 15 is 0 Å². The van der Waals surface area contributed by atoms with E-state index in [9.17, 15) is 0 Å². The topological polar surface area (TPSA) is 43.3 Å². The van der Waals surface area contributed by atoms with Gasteiger partial charge < -0.3 is 10.1 Å². The van der Waals surface area contributed by atoms with Gasteiger partial charge in [0.1, 0.15) is 5.65 Å². The Morgan fingerprint density at radius 1 is 1.47 bits per heavy atom. The van der Waals surface area contributed by atoms with Crippen LogP contribution in [0.3, 0.4) is 0 Å². The lowest BCUT2D eigenvalue weighted by Gasteiger charge is -2.22. The lowest BCUT2D eigenvalue weighted by Crippen LogP contribution is -2.08. The molecule has 0 bridgehead atoms. The fraction of sp³-hybridized carbons (Fsp3) is 0.417. The van der Waals surface area contributed by atoms with Crippen LogP contribution in [0.25, 0.3) is 5.65 Å². The highest BCUT2D eigenvalue weighted by Gasteiger charge is 2.21. The molecule has 0 unspecified atom stereocenters. The van der Waals surface area contributed by atoms with E-state index in [-0.39, 0.29) is 0 Å². The monoisotopic (exact) mass is 201 g/mol. The Hall–Kier alpha value is -1.35. The van der Waals surface area contributed by atoms with E-state index in [1.807, 2.05) is 6.20 Å². The Bertz CT molecular complexity index is 483. The van der Waals surface area contributed by atoms with Gasteiger partial charge in [-0.2, -0.15) is 0 Å². The molecule has 0 spiro atoms. The van der Waals surface area contributed by atoms with Crippen LogP contribution in [0.1, 0.15) is 36.4 Å².